The Hall–Kier alpha value is -1.37. The molecule has 0 aromatic rings. The highest BCUT2D eigenvalue weighted by atomic mass is 16.6. The molecule has 0 aromatic carbocycles. The van der Waals surface area contributed by atoms with Crippen molar-refractivity contribution in [2.24, 2.45) is 5.92 Å². The van der Waals surface area contributed by atoms with E-state index in [0.29, 0.717) is 19.3 Å². The van der Waals surface area contributed by atoms with Gasteiger partial charge in [0.15, 0.2) is 0 Å². The molecule has 4 heteroatoms. The van der Waals surface area contributed by atoms with Crippen molar-refractivity contribution in [1.82, 2.24) is 0 Å². The van der Waals surface area contributed by atoms with Crippen LogP contribution in [0.5, 0.6) is 0 Å². The highest BCUT2D eigenvalue weighted by Gasteiger charge is 2.32. The first-order valence-electron chi connectivity index (χ1n) is 3.85. The van der Waals surface area contributed by atoms with Gasteiger partial charge in [0, 0.05) is 6.42 Å². The van der Waals surface area contributed by atoms with E-state index >= 15 is 0 Å². The molecule has 0 saturated carbocycles. The number of rotatable bonds is 3. The highest BCUT2D eigenvalue weighted by Crippen LogP contribution is 2.21. The van der Waals surface area contributed by atoms with Crippen molar-refractivity contribution >= 4 is 11.9 Å². The zero-order valence-corrected chi connectivity index (χ0v) is 6.58. The van der Waals surface area contributed by atoms with E-state index in [4.69, 9.17) is 5.26 Å². The van der Waals surface area contributed by atoms with Gasteiger partial charge < -0.3 is 4.74 Å². The molecule has 64 valence electrons. The smallest absolute Gasteiger partial charge is 0.317 e. The van der Waals surface area contributed by atoms with Gasteiger partial charge in [0.25, 0.3) is 0 Å². The van der Waals surface area contributed by atoms with E-state index in [0.717, 1.165) is 0 Å². The molecule has 0 spiro atoms. The van der Waals surface area contributed by atoms with Crippen LogP contribution in [-0.4, -0.2) is 11.9 Å². The molecular formula is C8H9NO3. The van der Waals surface area contributed by atoms with Crippen molar-refractivity contribution in [1.29, 1.82) is 5.26 Å². The van der Waals surface area contributed by atoms with Crippen LogP contribution in [0.15, 0.2) is 0 Å². The van der Waals surface area contributed by atoms with Crippen LogP contribution in [0.4, 0.5) is 0 Å². The standard InChI is InChI=1S/C8H9NO3/c9-4-2-1-3-6-5-7(10)12-8(6)11/h6H,1-3,5H2. The maximum absolute atomic E-state index is 10.9. The molecule has 0 amide bonds. The Morgan fingerprint density at radius 2 is 2.33 bits per heavy atom. The first kappa shape index (κ1) is 8.72. The summed E-state index contributed by atoms with van der Waals surface area (Å²) in [5, 5.41) is 8.22. The lowest BCUT2D eigenvalue weighted by Gasteiger charge is -1.99. The van der Waals surface area contributed by atoms with E-state index in [1.165, 1.54) is 0 Å². The van der Waals surface area contributed by atoms with Crippen LogP contribution in [0, 0.1) is 17.2 Å². The topological polar surface area (TPSA) is 67.2 Å². The Labute approximate surface area is 70.1 Å². The maximum Gasteiger partial charge on any atom is 0.317 e. The third-order valence-electron chi connectivity index (χ3n) is 1.80. The van der Waals surface area contributed by atoms with Crippen molar-refractivity contribution in [2.75, 3.05) is 0 Å². The summed E-state index contributed by atoms with van der Waals surface area (Å²) < 4.78 is 4.34. The first-order chi connectivity index (χ1) is 5.74. The molecule has 1 heterocycles. The molecule has 12 heavy (non-hydrogen) atoms. The Balaban J connectivity index is 2.29. The van der Waals surface area contributed by atoms with E-state index in [9.17, 15) is 9.59 Å². The van der Waals surface area contributed by atoms with Gasteiger partial charge in [-0.25, -0.2) is 0 Å². The van der Waals surface area contributed by atoms with Crippen LogP contribution < -0.4 is 0 Å². The fourth-order valence-corrected chi connectivity index (χ4v) is 1.17. The normalized spacial score (nSPS) is 22.1. The molecule has 1 fully saturated rings. The minimum atomic E-state index is -0.443. The Kier molecular flexibility index (Phi) is 2.81. The number of nitrogens with zero attached hydrogens (tertiary/aromatic N) is 1. The van der Waals surface area contributed by atoms with Crippen LogP contribution in [0.3, 0.4) is 0 Å². The fraction of sp³-hybridized carbons (Fsp3) is 0.625. The monoisotopic (exact) mass is 167 g/mol. The number of hydrogen-bond acceptors (Lipinski definition) is 4. The van der Waals surface area contributed by atoms with Gasteiger partial charge in [-0.05, 0) is 12.8 Å². The molecular weight excluding hydrogens is 158 g/mol. The number of carbonyl (C=O) groups excluding carboxylic acids is 2. The zero-order valence-electron chi connectivity index (χ0n) is 6.58. The predicted octanol–water partition coefficient (Wildman–Crippen LogP) is 0.770. The van der Waals surface area contributed by atoms with Gasteiger partial charge in [-0.2, -0.15) is 5.26 Å². The average Bonchev–Trinajstić information content (AvgIpc) is 2.31. The molecule has 0 aromatic heterocycles. The molecule has 1 unspecified atom stereocenters. The van der Waals surface area contributed by atoms with Gasteiger partial charge in [0.2, 0.25) is 0 Å². The molecule has 0 N–H and O–H groups in total. The van der Waals surface area contributed by atoms with Gasteiger partial charge in [-0.1, -0.05) is 0 Å². The van der Waals surface area contributed by atoms with Crippen LogP contribution in [-0.2, 0) is 14.3 Å². The third-order valence-corrected chi connectivity index (χ3v) is 1.80. The summed E-state index contributed by atoms with van der Waals surface area (Å²) in [4.78, 5) is 21.4. The van der Waals surface area contributed by atoms with E-state index < -0.39 is 11.9 Å². The van der Waals surface area contributed by atoms with Crippen LogP contribution >= 0.6 is 0 Å². The van der Waals surface area contributed by atoms with Crippen LogP contribution in [0.2, 0.25) is 0 Å². The number of esters is 2. The summed E-state index contributed by atoms with van der Waals surface area (Å²) in [7, 11) is 0. The van der Waals surface area contributed by atoms with Crippen molar-refractivity contribution in [3.63, 3.8) is 0 Å². The molecule has 0 aliphatic carbocycles. The van der Waals surface area contributed by atoms with Gasteiger partial charge in [0.1, 0.15) is 0 Å². The van der Waals surface area contributed by atoms with Crippen LogP contribution in [0.25, 0.3) is 0 Å². The molecule has 1 rings (SSSR count). The molecule has 0 radical (unpaired) electrons. The van der Waals surface area contributed by atoms with Crippen molar-refractivity contribution in [3.8, 4) is 6.07 Å². The number of cyclic esters (lactones) is 2. The molecule has 1 saturated heterocycles. The Bertz CT molecular complexity index is 241. The van der Waals surface area contributed by atoms with Gasteiger partial charge >= 0.3 is 11.9 Å². The van der Waals surface area contributed by atoms with Gasteiger partial charge in [-0.3, -0.25) is 9.59 Å². The van der Waals surface area contributed by atoms with Crippen molar-refractivity contribution in [3.05, 3.63) is 0 Å². The zero-order chi connectivity index (χ0) is 8.97. The number of carbonyl (C=O) groups is 2. The second kappa shape index (κ2) is 3.86. The second-order valence-electron chi connectivity index (χ2n) is 2.74. The number of unbranched alkanes of at least 4 members (excludes halogenated alkanes) is 1. The number of ether oxygens (including phenoxy) is 1. The van der Waals surface area contributed by atoms with Crippen LogP contribution in [0.1, 0.15) is 25.7 Å². The number of nitriles is 1. The van der Waals surface area contributed by atoms with Crippen molar-refractivity contribution in [2.45, 2.75) is 25.7 Å². The second-order valence-corrected chi connectivity index (χ2v) is 2.74. The summed E-state index contributed by atoms with van der Waals surface area (Å²) in [5.74, 6) is -1.18. The summed E-state index contributed by atoms with van der Waals surface area (Å²) in [6.45, 7) is 0. The van der Waals surface area contributed by atoms with E-state index in [-0.39, 0.29) is 12.3 Å². The fourth-order valence-electron chi connectivity index (χ4n) is 1.17. The van der Waals surface area contributed by atoms with Gasteiger partial charge in [0.05, 0.1) is 18.4 Å². The molecule has 1 aliphatic rings. The van der Waals surface area contributed by atoms with E-state index in [2.05, 4.69) is 4.74 Å². The Morgan fingerprint density at radius 3 is 2.83 bits per heavy atom. The van der Waals surface area contributed by atoms with E-state index in [1.807, 2.05) is 6.07 Å². The predicted molar refractivity (Wildman–Crippen MR) is 38.7 cm³/mol. The summed E-state index contributed by atoms with van der Waals surface area (Å²) in [6, 6.07) is 1.98. The quantitative estimate of drug-likeness (QED) is 0.353. The average molecular weight is 167 g/mol. The summed E-state index contributed by atoms with van der Waals surface area (Å²) in [5.41, 5.74) is 0. The lowest BCUT2D eigenvalue weighted by atomic mass is 10.0. The maximum atomic E-state index is 10.9. The lowest BCUT2D eigenvalue weighted by molar-refractivity contribution is -0.153. The minimum Gasteiger partial charge on any atom is -0.393 e. The van der Waals surface area contributed by atoms with Crippen molar-refractivity contribution < 1.29 is 14.3 Å². The lowest BCUT2D eigenvalue weighted by Crippen LogP contribution is -2.06. The first-order valence-corrected chi connectivity index (χ1v) is 3.85. The Morgan fingerprint density at radius 1 is 1.58 bits per heavy atom. The minimum absolute atomic E-state index is 0.185. The summed E-state index contributed by atoms with van der Waals surface area (Å²) >= 11 is 0. The summed E-state index contributed by atoms with van der Waals surface area (Å²) in [6.07, 6.45) is 1.85. The van der Waals surface area contributed by atoms with E-state index in [1.54, 1.807) is 0 Å². The largest absolute Gasteiger partial charge is 0.393 e. The van der Waals surface area contributed by atoms with Gasteiger partial charge in [-0.15, -0.1) is 0 Å². The molecule has 1 atom stereocenters. The molecule has 4 nitrogen and oxygen atoms in total. The third kappa shape index (κ3) is 2.06. The number of hydrogen-bond donors (Lipinski definition) is 0. The molecule has 1 aliphatic heterocycles. The molecule has 0 bridgehead atoms. The highest BCUT2D eigenvalue weighted by molar-refractivity contribution is 5.94. The SMILES string of the molecule is N#CCCCC1CC(=O)OC1=O.